The number of nitrogens with zero attached hydrogens (tertiary/aromatic N) is 4. The quantitative estimate of drug-likeness (QED) is 0.344. The van der Waals surface area contributed by atoms with Gasteiger partial charge in [0.2, 0.25) is 0 Å². The Kier molecular flexibility index (Phi) is 5.23. The second-order valence-corrected chi connectivity index (χ2v) is 9.67. The standard InChI is InChI=1S/C28H24N4OS/c1-31-18-23(22-8-2-3-9-24(22)31)28(33)32-14-10-20-11-15-34-26(20)25(32)17-19-6-4-7-21(16-19)27-29-12-5-13-30-27/h2-9,11-13,15-16,18,25H,10,14,17H2,1H3. The predicted molar refractivity (Wildman–Crippen MR) is 136 cm³/mol. The molecule has 6 rings (SSSR count). The lowest BCUT2D eigenvalue weighted by Gasteiger charge is -2.36. The number of carbonyl (C=O) groups excluding carboxylic acids is 1. The van der Waals surface area contributed by atoms with Crippen molar-refractivity contribution in [2.45, 2.75) is 18.9 Å². The molecule has 1 unspecified atom stereocenters. The van der Waals surface area contributed by atoms with Crippen molar-refractivity contribution in [1.29, 1.82) is 0 Å². The number of aryl methyl sites for hydroxylation is 1. The fourth-order valence-electron chi connectivity index (χ4n) is 5.01. The highest BCUT2D eigenvalue weighted by Gasteiger charge is 2.33. The lowest BCUT2D eigenvalue weighted by Crippen LogP contribution is -2.40. The van der Waals surface area contributed by atoms with Gasteiger partial charge in [-0.3, -0.25) is 4.79 Å². The third kappa shape index (κ3) is 3.60. The number of rotatable bonds is 4. The van der Waals surface area contributed by atoms with Crippen LogP contribution in [0.1, 0.15) is 32.4 Å². The SMILES string of the molecule is Cn1cc(C(=O)N2CCc3ccsc3C2Cc2cccc(-c3ncccn3)c2)c2ccccc21. The number of thiophene rings is 1. The normalized spacial score (nSPS) is 15.4. The molecular weight excluding hydrogens is 440 g/mol. The maximum Gasteiger partial charge on any atom is 0.256 e. The van der Waals surface area contributed by atoms with E-state index in [0.717, 1.165) is 41.4 Å². The van der Waals surface area contributed by atoms with E-state index in [1.165, 1.54) is 16.0 Å². The average molecular weight is 465 g/mol. The summed E-state index contributed by atoms with van der Waals surface area (Å²) in [5.41, 5.74) is 5.38. The van der Waals surface area contributed by atoms with Crippen molar-refractivity contribution < 1.29 is 4.79 Å². The van der Waals surface area contributed by atoms with E-state index >= 15 is 0 Å². The summed E-state index contributed by atoms with van der Waals surface area (Å²) in [5, 5.41) is 3.16. The Morgan fingerprint density at radius 2 is 1.91 bits per heavy atom. The zero-order valence-electron chi connectivity index (χ0n) is 18.9. The minimum atomic E-state index is 0.00200. The van der Waals surface area contributed by atoms with Gasteiger partial charge in [0.1, 0.15) is 0 Å². The van der Waals surface area contributed by atoms with Crippen LogP contribution in [-0.2, 0) is 19.9 Å². The highest BCUT2D eigenvalue weighted by Crippen LogP contribution is 2.38. The van der Waals surface area contributed by atoms with Gasteiger partial charge in [-0.25, -0.2) is 9.97 Å². The maximum atomic E-state index is 13.9. The molecule has 0 N–H and O–H groups in total. The molecule has 2 aromatic carbocycles. The second kappa shape index (κ2) is 8.54. The number of benzene rings is 2. The molecule has 0 spiro atoms. The summed E-state index contributed by atoms with van der Waals surface area (Å²) in [6, 6.07) is 20.5. The lowest BCUT2D eigenvalue weighted by atomic mass is 9.94. The van der Waals surface area contributed by atoms with Gasteiger partial charge in [-0.1, -0.05) is 36.4 Å². The molecule has 4 heterocycles. The largest absolute Gasteiger partial charge is 0.350 e. The highest BCUT2D eigenvalue weighted by molar-refractivity contribution is 7.10. The van der Waals surface area contributed by atoms with Crippen molar-refractivity contribution in [3.05, 3.63) is 106 Å². The van der Waals surface area contributed by atoms with Crippen molar-refractivity contribution in [2.75, 3.05) is 6.54 Å². The molecule has 6 heteroatoms. The summed E-state index contributed by atoms with van der Waals surface area (Å²) in [5.74, 6) is 0.817. The van der Waals surface area contributed by atoms with Crippen LogP contribution in [0.15, 0.2) is 84.6 Å². The van der Waals surface area contributed by atoms with Gasteiger partial charge in [0.25, 0.3) is 5.91 Å². The molecule has 0 aliphatic carbocycles. The predicted octanol–water partition coefficient (Wildman–Crippen LogP) is 5.68. The fourth-order valence-corrected chi connectivity index (χ4v) is 6.07. The van der Waals surface area contributed by atoms with Gasteiger partial charge in [0.15, 0.2) is 5.82 Å². The van der Waals surface area contributed by atoms with Gasteiger partial charge in [-0.15, -0.1) is 11.3 Å². The van der Waals surface area contributed by atoms with Crippen LogP contribution in [0.2, 0.25) is 0 Å². The molecule has 3 aromatic heterocycles. The van der Waals surface area contributed by atoms with E-state index in [4.69, 9.17) is 0 Å². The average Bonchev–Trinajstić information content (AvgIpc) is 3.50. The smallest absolute Gasteiger partial charge is 0.256 e. The first-order valence-electron chi connectivity index (χ1n) is 11.5. The molecule has 1 aliphatic rings. The first-order valence-corrected chi connectivity index (χ1v) is 12.3. The third-order valence-electron chi connectivity index (χ3n) is 6.65. The summed E-state index contributed by atoms with van der Waals surface area (Å²) in [4.78, 5) is 26.1. The minimum Gasteiger partial charge on any atom is -0.350 e. The van der Waals surface area contributed by atoms with Gasteiger partial charge < -0.3 is 9.47 Å². The molecule has 5 nitrogen and oxygen atoms in total. The van der Waals surface area contributed by atoms with Crippen LogP contribution in [0, 0.1) is 0 Å². The Bertz CT molecular complexity index is 1490. The Morgan fingerprint density at radius 1 is 1.06 bits per heavy atom. The van der Waals surface area contributed by atoms with Crippen molar-refractivity contribution in [3.8, 4) is 11.4 Å². The van der Waals surface area contributed by atoms with Crippen LogP contribution in [0.3, 0.4) is 0 Å². The van der Waals surface area contributed by atoms with Gasteiger partial charge in [0.05, 0.1) is 11.6 Å². The first kappa shape index (κ1) is 20.8. The molecule has 1 aliphatic heterocycles. The number of fused-ring (bicyclic) bond motifs is 2. The molecule has 34 heavy (non-hydrogen) atoms. The molecule has 0 radical (unpaired) electrons. The Balaban J connectivity index is 1.38. The number of hydrogen-bond acceptors (Lipinski definition) is 4. The maximum absolute atomic E-state index is 13.9. The second-order valence-electron chi connectivity index (χ2n) is 8.72. The minimum absolute atomic E-state index is 0.00200. The van der Waals surface area contributed by atoms with Crippen LogP contribution in [0.5, 0.6) is 0 Å². The van der Waals surface area contributed by atoms with E-state index in [1.807, 2.05) is 48.1 Å². The molecule has 0 fully saturated rings. The summed E-state index contributed by atoms with van der Waals surface area (Å²) >= 11 is 1.75. The zero-order chi connectivity index (χ0) is 23.1. The van der Waals surface area contributed by atoms with Crippen molar-refractivity contribution in [2.24, 2.45) is 7.05 Å². The van der Waals surface area contributed by atoms with Gasteiger partial charge in [-0.2, -0.15) is 0 Å². The molecule has 1 amide bonds. The summed E-state index contributed by atoms with van der Waals surface area (Å²) in [7, 11) is 2.00. The van der Waals surface area contributed by atoms with Crippen LogP contribution >= 0.6 is 11.3 Å². The van der Waals surface area contributed by atoms with Gasteiger partial charge >= 0.3 is 0 Å². The molecule has 0 bridgehead atoms. The van der Waals surface area contributed by atoms with Crippen LogP contribution in [0.4, 0.5) is 0 Å². The Morgan fingerprint density at radius 3 is 2.79 bits per heavy atom. The van der Waals surface area contributed by atoms with Crippen LogP contribution in [0.25, 0.3) is 22.3 Å². The number of hydrogen-bond donors (Lipinski definition) is 0. The van der Waals surface area contributed by atoms with Crippen LogP contribution in [-0.4, -0.2) is 31.9 Å². The fraction of sp³-hybridized carbons (Fsp3) is 0.179. The third-order valence-corrected chi connectivity index (χ3v) is 7.71. The molecule has 5 aromatic rings. The Labute approximate surface area is 202 Å². The van der Waals surface area contributed by atoms with E-state index in [1.54, 1.807) is 23.7 Å². The van der Waals surface area contributed by atoms with Crippen molar-refractivity contribution in [3.63, 3.8) is 0 Å². The topological polar surface area (TPSA) is 51.0 Å². The lowest BCUT2D eigenvalue weighted by molar-refractivity contribution is 0.0666. The molecule has 0 saturated heterocycles. The summed E-state index contributed by atoms with van der Waals surface area (Å²) < 4.78 is 2.04. The van der Waals surface area contributed by atoms with E-state index < -0.39 is 0 Å². The van der Waals surface area contributed by atoms with Crippen LogP contribution < -0.4 is 0 Å². The zero-order valence-corrected chi connectivity index (χ0v) is 19.7. The molecule has 168 valence electrons. The number of aromatic nitrogens is 3. The van der Waals surface area contributed by atoms with E-state index in [9.17, 15) is 4.79 Å². The van der Waals surface area contributed by atoms with Gasteiger partial charge in [-0.05, 0) is 53.6 Å². The number of para-hydroxylation sites is 1. The molecule has 0 saturated carbocycles. The molecular formula is C28H24N4OS. The Hall–Kier alpha value is -3.77. The number of carbonyl (C=O) groups is 1. The van der Waals surface area contributed by atoms with Crippen molar-refractivity contribution >= 4 is 28.1 Å². The highest BCUT2D eigenvalue weighted by atomic mass is 32.1. The molecule has 1 atom stereocenters. The van der Waals surface area contributed by atoms with Crippen molar-refractivity contribution in [1.82, 2.24) is 19.4 Å². The van der Waals surface area contributed by atoms with Gasteiger partial charge in [0, 0.05) is 53.5 Å². The first-order chi connectivity index (χ1) is 16.7. The van der Waals surface area contributed by atoms with E-state index in [-0.39, 0.29) is 11.9 Å². The van der Waals surface area contributed by atoms with E-state index in [2.05, 4.69) is 50.6 Å². The van der Waals surface area contributed by atoms with E-state index in [0.29, 0.717) is 5.82 Å². The number of amides is 1. The monoisotopic (exact) mass is 464 g/mol. The summed E-state index contributed by atoms with van der Waals surface area (Å²) in [6.45, 7) is 0.720. The summed E-state index contributed by atoms with van der Waals surface area (Å²) in [6.07, 6.45) is 7.15.